The minimum absolute atomic E-state index is 0.471. The topological polar surface area (TPSA) is 38.1 Å². The smallest absolute Gasteiger partial charge is 0.196 e. The van der Waals surface area contributed by atoms with Crippen molar-refractivity contribution < 1.29 is 4.42 Å². The van der Waals surface area contributed by atoms with E-state index in [0.717, 1.165) is 34.7 Å². The Morgan fingerprint density at radius 2 is 2.16 bits per heavy atom. The molecule has 0 spiro atoms. The third-order valence-electron chi connectivity index (χ3n) is 2.59. The predicted octanol–water partition coefficient (Wildman–Crippen LogP) is 4.30. The molecule has 0 saturated carbocycles. The van der Waals surface area contributed by atoms with Gasteiger partial charge in [-0.05, 0) is 18.2 Å². The van der Waals surface area contributed by atoms with Crippen molar-refractivity contribution in [1.29, 1.82) is 0 Å². The maximum Gasteiger partial charge on any atom is 0.196 e. The molecule has 5 heteroatoms. The molecule has 0 aliphatic heterocycles. The van der Waals surface area contributed by atoms with E-state index in [1.54, 1.807) is 6.20 Å². The molecule has 0 unspecified atom stereocenters. The van der Waals surface area contributed by atoms with Gasteiger partial charge in [-0.1, -0.05) is 41.4 Å². The van der Waals surface area contributed by atoms with Crippen LogP contribution in [0.3, 0.4) is 0 Å². The van der Waals surface area contributed by atoms with E-state index < -0.39 is 0 Å². The van der Waals surface area contributed by atoms with Crippen molar-refractivity contribution in [3.8, 4) is 11.3 Å². The van der Waals surface area contributed by atoms with Crippen molar-refractivity contribution >= 4 is 27.5 Å². The molecule has 1 aromatic carbocycles. The molecule has 0 fully saturated rings. The number of hydrogen-bond donors (Lipinski definition) is 1. The third kappa shape index (κ3) is 4.34. The Bertz CT molecular complexity index is 534. The molecule has 0 saturated heterocycles. The van der Waals surface area contributed by atoms with Gasteiger partial charge in [0, 0.05) is 34.1 Å². The summed E-state index contributed by atoms with van der Waals surface area (Å²) in [5.74, 6) is 1.47. The van der Waals surface area contributed by atoms with Gasteiger partial charge in [-0.15, -0.1) is 0 Å². The largest absolute Gasteiger partial charge is 0.441 e. The van der Waals surface area contributed by atoms with Gasteiger partial charge in [-0.2, -0.15) is 0 Å². The van der Waals surface area contributed by atoms with Crippen molar-refractivity contribution in [3.05, 3.63) is 39.8 Å². The lowest BCUT2D eigenvalue weighted by Crippen LogP contribution is -2.24. The average molecular weight is 344 g/mol. The molecule has 0 amide bonds. The summed E-state index contributed by atoms with van der Waals surface area (Å²) in [6.07, 6.45) is 2.52. The SMILES string of the molecule is CC(C)NCCc1ncc(-c2cc(Cl)cc(Br)c2)o1. The lowest BCUT2D eigenvalue weighted by molar-refractivity contribution is 0.484. The van der Waals surface area contributed by atoms with Gasteiger partial charge < -0.3 is 9.73 Å². The Hall–Kier alpha value is -0.840. The first kappa shape index (κ1) is 14.6. The van der Waals surface area contributed by atoms with Crippen LogP contribution in [0.4, 0.5) is 0 Å². The highest BCUT2D eigenvalue weighted by Gasteiger charge is 2.08. The van der Waals surface area contributed by atoms with E-state index in [1.165, 1.54) is 0 Å². The number of nitrogens with zero attached hydrogens (tertiary/aromatic N) is 1. The van der Waals surface area contributed by atoms with Crippen LogP contribution in [0.5, 0.6) is 0 Å². The average Bonchev–Trinajstić information content (AvgIpc) is 2.76. The van der Waals surface area contributed by atoms with Crippen LogP contribution in [0.15, 0.2) is 33.3 Å². The Kier molecular flexibility index (Phi) is 5.02. The monoisotopic (exact) mass is 342 g/mol. The standard InChI is InChI=1S/C14H16BrClN2O/c1-9(2)17-4-3-14-18-8-13(19-14)10-5-11(15)7-12(16)6-10/h5-9,17H,3-4H2,1-2H3. The fraction of sp³-hybridized carbons (Fsp3) is 0.357. The van der Waals surface area contributed by atoms with Crippen molar-refractivity contribution in [2.24, 2.45) is 0 Å². The minimum Gasteiger partial charge on any atom is -0.441 e. The lowest BCUT2D eigenvalue weighted by atomic mass is 10.2. The number of oxazole rings is 1. The number of nitrogens with one attached hydrogen (secondary N) is 1. The van der Waals surface area contributed by atoms with Gasteiger partial charge in [0.2, 0.25) is 0 Å². The summed E-state index contributed by atoms with van der Waals surface area (Å²) in [6, 6.07) is 6.14. The van der Waals surface area contributed by atoms with Crippen LogP contribution in [0.1, 0.15) is 19.7 Å². The minimum atomic E-state index is 0.471. The molecule has 0 atom stereocenters. The summed E-state index contributed by atoms with van der Waals surface area (Å²) in [4.78, 5) is 4.28. The fourth-order valence-corrected chi connectivity index (χ4v) is 2.58. The van der Waals surface area contributed by atoms with Crippen LogP contribution in [0, 0.1) is 0 Å². The van der Waals surface area contributed by atoms with Crippen LogP contribution in [-0.4, -0.2) is 17.6 Å². The maximum absolute atomic E-state index is 6.02. The highest BCUT2D eigenvalue weighted by molar-refractivity contribution is 9.10. The molecular formula is C14H16BrClN2O. The number of benzene rings is 1. The number of halogens is 2. The normalized spacial score (nSPS) is 11.2. The molecule has 1 N–H and O–H groups in total. The summed E-state index contributed by atoms with van der Waals surface area (Å²) in [7, 11) is 0. The van der Waals surface area contributed by atoms with Crippen molar-refractivity contribution in [1.82, 2.24) is 10.3 Å². The van der Waals surface area contributed by atoms with Gasteiger partial charge in [0.1, 0.15) is 0 Å². The van der Waals surface area contributed by atoms with Crippen molar-refractivity contribution in [2.75, 3.05) is 6.54 Å². The van der Waals surface area contributed by atoms with E-state index >= 15 is 0 Å². The van der Waals surface area contributed by atoms with E-state index in [4.69, 9.17) is 16.0 Å². The van der Waals surface area contributed by atoms with Gasteiger partial charge in [-0.3, -0.25) is 0 Å². The van der Waals surface area contributed by atoms with Crippen molar-refractivity contribution in [2.45, 2.75) is 26.3 Å². The molecular weight excluding hydrogens is 328 g/mol. The van der Waals surface area contributed by atoms with Gasteiger partial charge >= 0.3 is 0 Å². The molecule has 1 heterocycles. The number of aromatic nitrogens is 1. The summed E-state index contributed by atoms with van der Waals surface area (Å²) >= 11 is 9.44. The van der Waals surface area contributed by atoms with Crippen LogP contribution in [0.2, 0.25) is 5.02 Å². The first-order valence-electron chi connectivity index (χ1n) is 6.19. The Morgan fingerprint density at radius 3 is 2.84 bits per heavy atom. The summed E-state index contributed by atoms with van der Waals surface area (Å²) < 4.78 is 6.66. The molecule has 0 aliphatic carbocycles. The zero-order valence-electron chi connectivity index (χ0n) is 10.9. The predicted molar refractivity (Wildman–Crippen MR) is 81.5 cm³/mol. The van der Waals surface area contributed by atoms with Crippen LogP contribution < -0.4 is 5.32 Å². The molecule has 1 aromatic heterocycles. The second-order valence-corrected chi connectivity index (χ2v) is 5.99. The highest BCUT2D eigenvalue weighted by atomic mass is 79.9. The maximum atomic E-state index is 6.02. The Balaban J connectivity index is 2.07. The van der Waals surface area contributed by atoms with Gasteiger partial charge in [0.05, 0.1) is 6.20 Å². The molecule has 0 radical (unpaired) electrons. The van der Waals surface area contributed by atoms with Crippen molar-refractivity contribution in [3.63, 3.8) is 0 Å². The van der Waals surface area contributed by atoms with E-state index in [-0.39, 0.29) is 0 Å². The second kappa shape index (κ2) is 6.55. The van der Waals surface area contributed by atoms with Gasteiger partial charge in [-0.25, -0.2) is 4.98 Å². The third-order valence-corrected chi connectivity index (χ3v) is 3.27. The van der Waals surface area contributed by atoms with E-state index in [0.29, 0.717) is 11.1 Å². The first-order valence-corrected chi connectivity index (χ1v) is 7.36. The summed E-state index contributed by atoms with van der Waals surface area (Å²) in [5.41, 5.74) is 0.926. The lowest BCUT2D eigenvalue weighted by Gasteiger charge is -2.05. The number of hydrogen-bond acceptors (Lipinski definition) is 3. The molecule has 19 heavy (non-hydrogen) atoms. The quantitative estimate of drug-likeness (QED) is 0.879. The van der Waals surface area contributed by atoms with E-state index in [9.17, 15) is 0 Å². The first-order chi connectivity index (χ1) is 9.04. The Morgan fingerprint density at radius 1 is 1.37 bits per heavy atom. The molecule has 0 bridgehead atoms. The second-order valence-electron chi connectivity index (χ2n) is 4.64. The van der Waals surface area contributed by atoms with Gasteiger partial charge in [0.25, 0.3) is 0 Å². The zero-order chi connectivity index (χ0) is 13.8. The van der Waals surface area contributed by atoms with Crippen LogP contribution >= 0.6 is 27.5 Å². The fourth-order valence-electron chi connectivity index (χ4n) is 1.72. The van der Waals surface area contributed by atoms with Crippen LogP contribution in [0.25, 0.3) is 11.3 Å². The molecule has 0 aliphatic rings. The molecule has 2 aromatic rings. The van der Waals surface area contributed by atoms with Gasteiger partial charge in [0.15, 0.2) is 11.7 Å². The Labute approximate surface area is 126 Å². The van der Waals surface area contributed by atoms with Crippen LogP contribution in [-0.2, 0) is 6.42 Å². The summed E-state index contributed by atoms with van der Waals surface area (Å²) in [5, 5.41) is 4.00. The molecule has 102 valence electrons. The summed E-state index contributed by atoms with van der Waals surface area (Å²) in [6.45, 7) is 5.09. The van der Waals surface area contributed by atoms with E-state index in [2.05, 4.69) is 40.1 Å². The van der Waals surface area contributed by atoms with E-state index in [1.807, 2.05) is 18.2 Å². The molecule has 3 nitrogen and oxygen atoms in total. The number of rotatable bonds is 5. The highest BCUT2D eigenvalue weighted by Crippen LogP contribution is 2.27. The molecule has 2 rings (SSSR count). The zero-order valence-corrected chi connectivity index (χ0v) is 13.3.